The van der Waals surface area contributed by atoms with Gasteiger partial charge in [-0.1, -0.05) is 62.2 Å². The fourth-order valence-corrected chi connectivity index (χ4v) is 6.05. The molecule has 7 heteroatoms. The van der Waals surface area contributed by atoms with E-state index < -0.39 is 6.04 Å². The summed E-state index contributed by atoms with van der Waals surface area (Å²) >= 11 is 0. The molecule has 1 amide bonds. The van der Waals surface area contributed by atoms with E-state index in [-0.39, 0.29) is 17.6 Å². The molecule has 1 N–H and O–H groups in total. The van der Waals surface area contributed by atoms with Gasteiger partial charge in [0.2, 0.25) is 11.7 Å². The van der Waals surface area contributed by atoms with Crippen LogP contribution in [0.4, 0.5) is 11.4 Å². The smallest absolute Gasteiger partial charge is 0.227 e. The highest BCUT2D eigenvalue weighted by atomic mass is 16.5. The molecule has 7 nitrogen and oxygen atoms in total. The van der Waals surface area contributed by atoms with Crippen molar-refractivity contribution >= 4 is 23.1 Å². The van der Waals surface area contributed by atoms with E-state index in [4.69, 9.17) is 14.2 Å². The number of Topliss-reactive ketones (excluding diaryl/α,β-unsaturated/α-hetero) is 1. The fraction of sp³-hybridized carbons (Fsp3) is 0.353. The Hall–Kier alpha value is -4.26. The monoisotopic (exact) mass is 554 g/mol. The number of methoxy groups -OCH3 is 3. The van der Waals surface area contributed by atoms with Crippen LogP contribution in [0.15, 0.2) is 78.0 Å². The summed E-state index contributed by atoms with van der Waals surface area (Å²) in [5, 5.41) is 3.60. The van der Waals surface area contributed by atoms with Crippen molar-refractivity contribution in [2.75, 3.05) is 31.5 Å². The summed E-state index contributed by atoms with van der Waals surface area (Å²) in [7, 11) is 4.70. The molecule has 5 rings (SSSR count). The van der Waals surface area contributed by atoms with Crippen LogP contribution in [0, 0.1) is 0 Å². The average molecular weight is 555 g/mol. The van der Waals surface area contributed by atoms with Gasteiger partial charge in [-0.25, -0.2) is 0 Å². The number of benzene rings is 3. The molecule has 0 saturated carbocycles. The number of ketones is 1. The van der Waals surface area contributed by atoms with Crippen molar-refractivity contribution in [1.82, 2.24) is 0 Å². The Balaban J connectivity index is 1.73. The maximum Gasteiger partial charge on any atom is 0.227 e. The first-order valence-corrected chi connectivity index (χ1v) is 14.3. The number of rotatable bonds is 9. The van der Waals surface area contributed by atoms with Gasteiger partial charge in [-0.2, -0.15) is 0 Å². The second-order valence-corrected chi connectivity index (χ2v) is 10.6. The molecule has 0 aromatic heterocycles. The quantitative estimate of drug-likeness (QED) is 0.282. The lowest BCUT2D eigenvalue weighted by Crippen LogP contribution is -2.38. The van der Waals surface area contributed by atoms with Crippen molar-refractivity contribution in [3.05, 3.63) is 89.1 Å². The number of carbonyl (C=O) groups excluding carboxylic acids is 2. The molecule has 0 unspecified atom stereocenters. The van der Waals surface area contributed by atoms with Crippen molar-refractivity contribution in [1.29, 1.82) is 0 Å². The molecular weight excluding hydrogens is 516 g/mol. The van der Waals surface area contributed by atoms with Gasteiger partial charge < -0.3 is 19.5 Å². The van der Waals surface area contributed by atoms with E-state index in [9.17, 15) is 9.59 Å². The number of allylic oxidation sites excluding steroid dienone is 1. The van der Waals surface area contributed by atoms with Crippen LogP contribution in [-0.4, -0.2) is 33.0 Å². The van der Waals surface area contributed by atoms with Crippen LogP contribution in [0.25, 0.3) is 0 Å². The van der Waals surface area contributed by atoms with E-state index in [1.807, 2.05) is 59.5 Å². The number of hydrogen-bond donors (Lipinski definition) is 1. The van der Waals surface area contributed by atoms with Gasteiger partial charge in [-0.15, -0.1) is 0 Å². The summed E-state index contributed by atoms with van der Waals surface area (Å²) in [6.07, 6.45) is 4.14. The number of para-hydroxylation sites is 2. The molecule has 1 aliphatic heterocycles. The van der Waals surface area contributed by atoms with Crippen LogP contribution >= 0.6 is 0 Å². The van der Waals surface area contributed by atoms with Gasteiger partial charge in [-0.3, -0.25) is 14.5 Å². The summed E-state index contributed by atoms with van der Waals surface area (Å²) in [5.74, 6) is 1.43. The largest absolute Gasteiger partial charge is 0.493 e. The molecule has 3 aromatic rings. The molecule has 0 saturated heterocycles. The minimum absolute atomic E-state index is 0.0190. The number of nitrogens with zero attached hydrogens (tertiary/aromatic N) is 1. The van der Waals surface area contributed by atoms with E-state index in [1.54, 1.807) is 21.3 Å². The van der Waals surface area contributed by atoms with Crippen LogP contribution in [0.1, 0.15) is 68.5 Å². The number of nitrogens with one attached hydrogen (secondary N) is 1. The first-order chi connectivity index (χ1) is 20.0. The third-order valence-electron chi connectivity index (χ3n) is 8.03. The third kappa shape index (κ3) is 5.53. The molecule has 2 aliphatic rings. The number of ether oxygens (including phenoxy) is 3. The second kappa shape index (κ2) is 12.5. The summed E-state index contributed by atoms with van der Waals surface area (Å²) in [6, 6.07) is 21.0. The number of hydrogen-bond acceptors (Lipinski definition) is 6. The van der Waals surface area contributed by atoms with Gasteiger partial charge >= 0.3 is 0 Å². The first-order valence-electron chi connectivity index (χ1n) is 14.3. The second-order valence-electron chi connectivity index (χ2n) is 10.6. The Morgan fingerprint density at radius 2 is 1.56 bits per heavy atom. The third-order valence-corrected chi connectivity index (χ3v) is 8.03. The fourth-order valence-electron chi connectivity index (χ4n) is 6.05. The van der Waals surface area contributed by atoms with Gasteiger partial charge in [0.15, 0.2) is 17.3 Å². The molecule has 41 heavy (non-hydrogen) atoms. The molecule has 214 valence electrons. The number of anilines is 2. The van der Waals surface area contributed by atoms with Gasteiger partial charge in [0.1, 0.15) is 0 Å². The van der Waals surface area contributed by atoms with Crippen molar-refractivity contribution < 1.29 is 23.8 Å². The summed E-state index contributed by atoms with van der Waals surface area (Å²) in [5.41, 5.74) is 4.84. The first kappa shape index (κ1) is 28.3. The normalized spacial score (nSPS) is 18.1. The maximum atomic E-state index is 14.2. The highest BCUT2D eigenvalue weighted by molar-refractivity contribution is 6.06. The standard InChI is InChI=1S/C34H38N2O5/c1-5-6-8-17-31(38)36-27-16-12-11-15-25(27)35-26-18-23(22-13-9-7-10-14-22)19-28(37)32(26)33(36)24-20-29(39-2)34(41-4)30(21-24)40-3/h7,9-16,20-21,23,33,35H,5-6,8,17-19H2,1-4H3/t23-,33+/m1/s1. The molecule has 1 heterocycles. The van der Waals surface area contributed by atoms with Crippen molar-refractivity contribution in [2.45, 2.75) is 57.4 Å². The Labute approximate surface area is 242 Å². The molecule has 1 aliphatic carbocycles. The Morgan fingerprint density at radius 3 is 2.22 bits per heavy atom. The molecule has 0 fully saturated rings. The molecule has 2 atom stereocenters. The number of unbranched alkanes of at least 4 members (excludes halogenated alkanes) is 2. The van der Waals surface area contributed by atoms with Crippen molar-refractivity contribution in [2.24, 2.45) is 0 Å². The minimum atomic E-state index is -0.673. The van der Waals surface area contributed by atoms with Crippen LogP contribution in [-0.2, 0) is 9.59 Å². The Morgan fingerprint density at radius 1 is 0.878 bits per heavy atom. The minimum Gasteiger partial charge on any atom is -0.493 e. The van der Waals surface area contributed by atoms with Crippen LogP contribution in [0.2, 0.25) is 0 Å². The lowest BCUT2D eigenvalue weighted by Gasteiger charge is -2.35. The van der Waals surface area contributed by atoms with E-state index in [2.05, 4.69) is 24.4 Å². The lowest BCUT2D eigenvalue weighted by atomic mass is 9.78. The van der Waals surface area contributed by atoms with Crippen LogP contribution in [0.3, 0.4) is 0 Å². The average Bonchev–Trinajstić information content (AvgIpc) is 3.15. The highest BCUT2D eigenvalue weighted by Gasteiger charge is 2.42. The Bertz CT molecular complexity index is 1420. The van der Waals surface area contributed by atoms with Gasteiger partial charge in [-0.05, 0) is 54.2 Å². The highest BCUT2D eigenvalue weighted by Crippen LogP contribution is 2.50. The molecule has 0 radical (unpaired) electrons. The van der Waals surface area contributed by atoms with Crippen molar-refractivity contribution in [3.8, 4) is 17.2 Å². The SMILES string of the molecule is CCCCCC(=O)N1c2ccccc2NC2=C(C(=O)C[C@H](c3ccccc3)C2)[C@@H]1c1cc(OC)c(OC)c(OC)c1. The van der Waals surface area contributed by atoms with Gasteiger partial charge in [0.25, 0.3) is 0 Å². The van der Waals surface area contributed by atoms with Crippen LogP contribution in [0.5, 0.6) is 17.2 Å². The van der Waals surface area contributed by atoms with Gasteiger partial charge in [0.05, 0.1) is 38.7 Å². The van der Waals surface area contributed by atoms with Gasteiger partial charge in [0, 0.05) is 24.1 Å². The van der Waals surface area contributed by atoms with E-state index in [0.717, 1.165) is 47.5 Å². The van der Waals surface area contributed by atoms with E-state index in [0.29, 0.717) is 42.1 Å². The predicted octanol–water partition coefficient (Wildman–Crippen LogP) is 7.19. The number of carbonyl (C=O) groups is 2. The lowest BCUT2D eigenvalue weighted by molar-refractivity contribution is -0.119. The topological polar surface area (TPSA) is 77.1 Å². The zero-order valence-corrected chi connectivity index (χ0v) is 24.2. The van der Waals surface area contributed by atoms with Crippen LogP contribution < -0.4 is 24.4 Å². The van der Waals surface area contributed by atoms with E-state index in [1.165, 1.54) is 0 Å². The van der Waals surface area contributed by atoms with Crippen molar-refractivity contribution in [3.63, 3.8) is 0 Å². The molecule has 3 aromatic carbocycles. The zero-order valence-electron chi connectivity index (χ0n) is 24.2. The summed E-state index contributed by atoms with van der Waals surface area (Å²) in [6.45, 7) is 2.12. The number of amides is 1. The summed E-state index contributed by atoms with van der Waals surface area (Å²) in [4.78, 5) is 30.2. The molecule has 0 bridgehead atoms. The van der Waals surface area contributed by atoms with E-state index >= 15 is 0 Å². The zero-order chi connectivity index (χ0) is 28.9. The Kier molecular flexibility index (Phi) is 8.62. The molecule has 0 spiro atoms. The predicted molar refractivity (Wildman–Crippen MR) is 161 cm³/mol. The molecular formula is C34H38N2O5. The summed E-state index contributed by atoms with van der Waals surface area (Å²) < 4.78 is 17.0. The maximum absolute atomic E-state index is 14.2. The number of fused-ring (bicyclic) bond motifs is 1.